The highest BCUT2D eigenvalue weighted by molar-refractivity contribution is 5.95. The predicted octanol–water partition coefficient (Wildman–Crippen LogP) is 2.14. The van der Waals surface area contributed by atoms with E-state index in [0.29, 0.717) is 6.42 Å². The fourth-order valence-electron chi connectivity index (χ4n) is 1.85. The molecule has 0 heterocycles. The SMILES string of the molecule is CCc1ccccc1C(=O)NC(CC)CCO. The van der Waals surface area contributed by atoms with Crippen LogP contribution in [0.3, 0.4) is 0 Å². The van der Waals surface area contributed by atoms with Gasteiger partial charge in [-0.05, 0) is 30.9 Å². The van der Waals surface area contributed by atoms with Crippen molar-refractivity contribution >= 4 is 5.91 Å². The molecule has 3 nitrogen and oxygen atoms in total. The molecule has 1 aromatic carbocycles. The summed E-state index contributed by atoms with van der Waals surface area (Å²) >= 11 is 0. The molecule has 1 amide bonds. The maximum Gasteiger partial charge on any atom is 0.251 e. The number of benzene rings is 1. The van der Waals surface area contributed by atoms with Crippen molar-refractivity contribution in [1.29, 1.82) is 0 Å². The number of aliphatic hydroxyl groups is 1. The van der Waals surface area contributed by atoms with Crippen LogP contribution in [0.4, 0.5) is 0 Å². The molecule has 1 unspecified atom stereocenters. The molecule has 3 heteroatoms. The average molecular weight is 235 g/mol. The molecule has 0 bridgehead atoms. The summed E-state index contributed by atoms with van der Waals surface area (Å²) in [5.74, 6) is -0.0391. The van der Waals surface area contributed by atoms with Crippen LogP contribution in [0.1, 0.15) is 42.6 Å². The lowest BCUT2D eigenvalue weighted by Crippen LogP contribution is -2.35. The van der Waals surface area contributed by atoms with Gasteiger partial charge in [0.15, 0.2) is 0 Å². The van der Waals surface area contributed by atoms with Crippen molar-refractivity contribution in [3.8, 4) is 0 Å². The number of hydrogen-bond acceptors (Lipinski definition) is 2. The van der Waals surface area contributed by atoms with Gasteiger partial charge in [-0.25, -0.2) is 0 Å². The lowest BCUT2D eigenvalue weighted by atomic mass is 10.0. The van der Waals surface area contributed by atoms with Crippen LogP contribution in [0, 0.1) is 0 Å². The van der Waals surface area contributed by atoms with Crippen LogP contribution in [0.5, 0.6) is 0 Å². The smallest absolute Gasteiger partial charge is 0.251 e. The Morgan fingerprint density at radius 2 is 2.06 bits per heavy atom. The van der Waals surface area contributed by atoms with E-state index in [1.54, 1.807) is 0 Å². The molecule has 1 rings (SSSR count). The minimum Gasteiger partial charge on any atom is -0.396 e. The third-order valence-corrected chi connectivity index (χ3v) is 2.95. The van der Waals surface area contributed by atoms with Gasteiger partial charge in [-0.3, -0.25) is 4.79 Å². The third-order valence-electron chi connectivity index (χ3n) is 2.95. The van der Waals surface area contributed by atoms with Crippen molar-refractivity contribution in [2.24, 2.45) is 0 Å². The minimum absolute atomic E-state index is 0.0391. The van der Waals surface area contributed by atoms with Crippen LogP contribution < -0.4 is 5.32 Å². The molecule has 0 fully saturated rings. The van der Waals surface area contributed by atoms with Crippen molar-refractivity contribution < 1.29 is 9.90 Å². The highest BCUT2D eigenvalue weighted by Crippen LogP contribution is 2.10. The van der Waals surface area contributed by atoms with E-state index in [4.69, 9.17) is 5.11 Å². The maximum absolute atomic E-state index is 12.1. The molecular weight excluding hydrogens is 214 g/mol. The van der Waals surface area contributed by atoms with E-state index in [9.17, 15) is 4.79 Å². The molecule has 0 aliphatic rings. The molecule has 0 aliphatic carbocycles. The molecule has 0 saturated carbocycles. The Kier molecular flexibility index (Phi) is 5.70. The van der Waals surface area contributed by atoms with E-state index < -0.39 is 0 Å². The lowest BCUT2D eigenvalue weighted by molar-refractivity contribution is 0.0928. The molecule has 2 N–H and O–H groups in total. The summed E-state index contributed by atoms with van der Waals surface area (Å²) in [6.45, 7) is 4.15. The number of rotatable bonds is 6. The number of amides is 1. The van der Waals surface area contributed by atoms with Crippen molar-refractivity contribution in [2.45, 2.75) is 39.2 Å². The minimum atomic E-state index is -0.0391. The van der Waals surface area contributed by atoms with E-state index in [1.165, 1.54) is 0 Å². The maximum atomic E-state index is 12.1. The Bertz CT molecular complexity index is 363. The molecule has 94 valence electrons. The predicted molar refractivity (Wildman–Crippen MR) is 69.1 cm³/mol. The first-order chi connectivity index (χ1) is 8.22. The second kappa shape index (κ2) is 7.07. The number of carbonyl (C=O) groups is 1. The molecule has 0 radical (unpaired) electrons. The van der Waals surface area contributed by atoms with Crippen molar-refractivity contribution in [3.05, 3.63) is 35.4 Å². The first kappa shape index (κ1) is 13.7. The standard InChI is InChI=1S/C14H21NO2/c1-3-11-7-5-6-8-13(11)14(17)15-12(4-2)9-10-16/h5-8,12,16H,3-4,9-10H2,1-2H3,(H,15,17). The highest BCUT2D eigenvalue weighted by Gasteiger charge is 2.13. The molecule has 0 saturated heterocycles. The molecule has 1 atom stereocenters. The van der Waals surface area contributed by atoms with Gasteiger partial charge in [0, 0.05) is 18.2 Å². The Labute approximate surface area is 103 Å². The Morgan fingerprint density at radius 1 is 1.35 bits per heavy atom. The zero-order chi connectivity index (χ0) is 12.7. The van der Waals surface area contributed by atoms with E-state index in [1.807, 2.05) is 38.1 Å². The van der Waals surface area contributed by atoms with Gasteiger partial charge in [-0.2, -0.15) is 0 Å². The zero-order valence-electron chi connectivity index (χ0n) is 10.6. The summed E-state index contributed by atoms with van der Waals surface area (Å²) in [5, 5.41) is 11.9. The summed E-state index contributed by atoms with van der Waals surface area (Å²) in [7, 11) is 0. The first-order valence-electron chi connectivity index (χ1n) is 6.22. The van der Waals surface area contributed by atoms with Gasteiger partial charge in [-0.1, -0.05) is 32.0 Å². The summed E-state index contributed by atoms with van der Waals surface area (Å²) < 4.78 is 0. The fraction of sp³-hybridized carbons (Fsp3) is 0.500. The molecule has 0 aromatic heterocycles. The number of aliphatic hydroxyl groups excluding tert-OH is 1. The second-order valence-electron chi connectivity index (χ2n) is 4.10. The molecular formula is C14H21NO2. The largest absolute Gasteiger partial charge is 0.396 e. The van der Waals surface area contributed by atoms with Gasteiger partial charge < -0.3 is 10.4 Å². The van der Waals surface area contributed by atoms with Crippen molar-refractivity contribution in [1.82, 2.24) is 5.32 Å². The molecule has 1 aromatic rings. The van der Waals surface area contributed by atoms with Crippen LogP contribution in [0.15, 0.2) is 24.3 Å². The lowest BCUT2D eigenvalue weighted by Gasteiger charge is -2.16. The van der Waals surface area contributed by atoms with Gasteiger partial charge in [0.05, 0.1) is 0 Å². The summed E-state index contributed by atoms with van der Waals surface area (Å²) in [6.07, 6.45) is 2.29. The van der Waals surface area contributed by atoms with E-state index >= 15 is 0 Å². The van der Waals surface area contributed by atoms with Crippen LogP contribution in [0.2, 0.25) is 0 Å². The van der Waals surface area contributed by atoms with E-state index in [-0.39, 0.29) is 18.6 Å². The topological polar surface area (TPSA) is 49.3 Å². The normalized spacial score (nSPS) is 12.2. The Balaban J connectivity index is 2.75. The number of aryl methyl sites for hydroxylation is 1. The van der Waals surface area contributed by atoms with Gasteiger partial charge in [0.1, 0.15) is 0 Å². The van der Waals surface area contributed by atoms with Gasteiger partial charge in [0.25, 0.3) is 5.91 Å². The van der Waals surface area contributed by atoms with Gasteiger partial charge >= 0.3 is 0 Å². The van der Waals surface area contributed by atoms with Crippen LogP contribution in [0.25, 0.3) is 0 Å². The fourth-order valence-corrected chi connectivity index (χ4v) is 1.85. The highest BCUT2D eigenvalue weighted by atomic mass is 16.3. The van der Waals surface area contributed by atoms with E-state index in [0.717, 1.165) is 24.0 Å². The molecule has 0 aliphatic heterocycles. The average Bonchev–Trinajstić information content (AvgIpc) is 2.38. The number of hydrogen-bond donors (Lipinski definition) is 2. The van der Waals surface area contributed by atoms with Crippen LogP contribution in [-0.4, -0.2) is 23.7 Å². The molecule has 17 heavy (non-hydrogen) atoms. The Hall–Kier alpha value is -1.35. The Morgan fingerprint density at radius 3 is 2.65 bits per heavy atom. The summed E-state index contributed by atoms with van der Waals surface area (Å²) in [4.78, 5) is 12.1. The summed E-state index contributed by atoms with van der Waals surface area (Å²) in [6, 6.07) is 7.70. The summed E-state index contributed by atoms with van der Waals surface area (Å²) in [5.41, 5.74) is 1.80. The third kappa shape index (κ3) is 3.86. The van der Waals surface area contributed by atoms with Gasteiger partial charge in [0.2, 0.25) is 0 Å². The zero-order valence-corrected chi connectivity index (χ0v) is 10.6. The first-order valence-corrected chi connectivity index (χ1v) is 6.22. The number of nitrogens with one attached hydrogen (secondary N) is 1. The van der Waals surface area contributed by atoms with Crippen LogP contribution >= 0.6 is 0 Å². The van der Waals surface area contributed by atoms with Gasteiger partial charge in [-0.15, -0.1) is 0 Å². The second-order valence-corrected chi connectivity index (χ2v) is 4.10. The number of carbonyl (C=O) groups excluding carboxylic acids is 1. The molecule has 0 spiro atoms. The quantitative estimate of drug-likeness (QED) is 0.793. The monoisotopic (exact) mass is 235 g/mol. The van der Waals surface area contributed by atoms with Crippen LogP contribution in [-0.2, 0) is 6.42 Å². The van der Waals surface area contributed by atoms with E-state index in [2.05, 4.69) is 5.32 Å². The van der Waals surface area contributed by atoms with Crippen molar-refractivity contribution in [3.63, 3.8) is 0 Å². The van der Waals surface area contributed by atoms with Crippen molar-refractivity contribution in [2.75, 3.05) is 6.61 Å².